The molecule has 0 spiro atoms. The van der Waals surface area contributed by atoms with E-state index in [9.17, 15) is 19.2 Å². The first-order chi connectivity index (χ1) is 12.5. The number of nitrogens with one attached hydrogen (secondary N) is 2. The molecule has 0 aliphatic carbocycles. The van der Waals surface area contributed by atoms with Crippen molar-refractivity contribution >= 4 is 40.7 Å². The second-order valence-corrected chi connectivity index (χ2v) is 6.84. The van der Waals surface area contributed by atoms with Gasteiger partial charge in [0.15, 0.2) is 17.4 Å². The van der Waals surface area contributed by atoms with Crippen molar-refractivity contribution < 1.29 is 38.1 Å². The van der Waals surface area contributed by atoms with Gasteiger partial charge in [-0.3, -0.25) is 24.6 Å². The van der Waals surface area contributed by atoms with Crippen molar-refractivity contribution in [3.8, 4) is 0 Å². The van der Waals surface area contributed by atoms with Crippen molar-refractivity contribution in [1.29, 1.82) is 5.41 Å². The summed E-state index contributed by atoms with van der Waals surface area (Å²) in [5, 5.41) is 9.74. The van der Waals surface area contributed by atoms with Crippen molar-refractivity contribution in [1.82, 2.24) is 5.32 Å². The molecule has 1 heterocycles. The van der Waals surface area contributed by atoms with Gasteiger partial charge < -0.3 is 30.0 Å². The first-order valence-corrected chi connectivity index (χ1v) is 8.80. The summed E-state index contributed by atoms with van der Waals surface area (Å²) in [4.78, 5) is 45.9. The predicted molar refractivity (Wildman–Crippen MR) is 93.5 cm³/mol. The number of ether oxygens (including phenoxy) is 4. The van der Waals surface area contributed by atoms with Crippen LogP contribution >= 0.6 is 11.8 Å². The smallest absolute Gasteiger partial charge is 0.303 e. The van der Waals surface area contributed by atoms with Gasteiger partial charge >= 0.3 is 17.9 Å². The van der Waals surface area contributed by atoms with Gasteiger partial charge in [0.2, 0.25) is 5.91 Å². The maximum absolute atomic E-state index is 11.6. The molecule has 4 N–H and O–H groups in total. The number of nitrogens with two attached hydrogens (primary N) is 1. The monoisotopic (exact) mass is 405 g/mol. The molecule has 1 fully saturated rings. The molecule has 1 saturated heterocycles. The van der Waals surface area contributed by atoms with Crippen LogP contribution in [0.5, 0.6) is 0 Å². The highest BCUT2D eigenvalue weighted by molar-refractivity contribution is 8.14. The predicted octanol–water partition coefficient (Wildman–Crippen LogP) is -0.731. The van der Waals surface area contributed by atoms with Crippen LogP contribution < -0.4 is 11.1 Å². The van der Waals surface area contributed by atoms with Crippen molar-refractivity contribution in [3.63, 3.8) is 0 Å². The minimum atomic E-state index is -1.16. The molecule has 152 valence electrons. The maximum Gasteiger partial charge on any atom is 0.303 e. The molecule has 5 unspecified atom stereocenters. The molecular weight excluding hydrogens is 382 g/mol. The average Bonchev–Trinajstić information content (AvgIpc) is 2.49. The molecule has 0 aromatic rings. The van der Waals surface area contributed by atoms with Gasteiger partial charge in [0.25, 0.3) is 0 Å². The Kier molecular flexibility index (Phi) is 8.50. The SMILES string of the molecule is CC(=O)NC1C(SC(=N)N)OC(COC(C)=O)C(OC(C)=O)C1OC(C)=O. The van der Waals surface area contributed by atoms with Gasteiger partial charge in [0.1, 0.15) is 24.2 Å². The third-order valence-corrected chi connectivity index (χ3v) is 4.20. The summed E-state index contributed by atoms with van der Waals surface area (Å²) in [6.45, 7) is 4.44. The van der Waals surface area contributed by atoms with E-state index in [0.29, 0.717) is 0 Å². The first kappa shape index (κ1) is 22.7. The van der Waals surface area contributed by atoms with Gasteiger partial charge in [0.05, 0.1) is 0 Å². The van der Waals surface area contributed by atoms with Crippen molar-refractivity contribution in [2.45, 2.75) is 57.5 Å². The Morgan fingerprint density at radius 3 is 2.04 bits per heavy atom. The number of amides is 1. The zero-order valence-electron chi connectivity index (χ0n) is 15.3. The van der Waals surface area contributed by atoms with Crippen molar-refractivity contribution in [2.24, 2.45) is 5.73 Å². The summed E-state index contributed by atoms with van der Waals surface area (Å²) in [5.41, 5.74) is 4.47. The van der Waals surface area contributed by atoms with Crippen LogP contribution in [-0.4, -0.2) is 65.4 Å². The lowest BCUT2D eigenvalue weighted by molar-refractivity contribution is -0.211. The molecule has 11 nitrogen and oxygen atoms in total. The third kappa shape index (κ3) is 7.43. The number of carbonyl (C=O) groups excluding carboxylic acids is 4. The number of esters is 3. The van der Waals surface area contributed by atoms with Crippen LogP contribution in [0, 0.1) is 5.41 Å². The van der Waals surface area contributed by atoms with E-state index in [2.05, 4.69) is 5.32 Å². The quantitative estimate of drug-likeness (QED) is 0.222. The van der Waals surface area contributed by atoms with Gasteiger partial charge in [-0.1, -0.05) is 11.8 Å². The van der Waals surface area contributed by atoms with Crippen LogP contribution in [0.2, 0.25) is 0 Å². The van der Waals surface area contributed by atoms with Crippen LogP contribution in [-0.2, 0) is 38.1 Å². The van der Waals surface area contributed by atoms with E-state index in [1.165, 1.54) is 13.8 Å². The maximum atomic E-state index is 11.6. The number of carbonyl (C=O) groups is 4. The van der Waals surface area contributed by atoms with E-state index in [1.54, 1.807) is 0 Å². The molecule has 0 radical (unpaired) electrons. The highest BCUT2D eigenvalue weighted by Crippen LogP contribution is 2.32. The van der Waals surface area contributed by atoms with Crippen LogP contribution in [0.25, 0.3) is 0 Å². The number of hydrogen-bond donors (Lipinski definition) is 3. The lowest BCUT2D eigenvalue weighted by atomic mass is 9.97. The fourth-order valence-corrected chi connectivity index (χ4v) is 3.33. The molecule has 1 aliphatic heterocycles. The molecule has 5 atom stereocenters. The molecule has 0 saturated carbocycles. The minimum Gasteiger partial charge on any atom is -0.463 e. The van der Waals surface area contributed by atoms with Crippen LogP contribution in [0.15, 0.2) is 0 Å². The van der Waals surface area contributed by atoms with Crippen molar-refractivity contribution in [2.75, 3.05) is 6.61 Å². The minimum absolute atomic E-state index is 0.299. The lowest BCUT2D eigenvalue weighted by Gasteiger charge is -2.44. The van der Waals surface area contributed by atoms with Gasteiger partial charge in [-0.2, -0.15) is 0 Å². The molecule has 12 heteroatoms. The molecule has 0 aromatic heterocycles. The first-order valence-electron chi connectivity index (χ1n) is 7.92. The fraction of sp³-hybridized carbons (Fsp3) is 0.667. The molecule has 0 bridgehead atoms. The van der Waals surface area contributed by atoms with E-state index >= 15 is 0 Å². The summed E-state index contributed by atoms with van der Waals surface area (Å²) >= 11 is 0.767. The Bertz CT molecular complexity index is 614. The number of thioether (sulfide) groups is 1. The molecular formula is C15H23N3O8S. The molecule has 1 rings (SSSR count). The Balaban J connectivity index is 3.29. The summed E-state index contributed by atoms with van der Waals surface area (Å²) in [6, 6.07) is -0.974. The van der Waals surface area contributed by atoms with E-state index in [0.717, 1.165) is 25.6 Å². The molecule has 27 heavy (non-hydrogen) atoms. The number of hydrogen-bond acceptors (Lipinski definition) is 10. The van der Waals surface area contributed by atoms with Gasteiger partial charge in [-0.05, 0) is 0 Å². The van der Waals surface area contributed by atoms with Gasteiger partial charge in [-0.15, -0.1) is 0 Å². The lowest BCUT2D eigenvalue weighted by Crippen LogP contribution is -2.65. The molecule has 1 aliphatic rings. The second-order valence-electron chi connectivity index (χ2n) is 5.70. The van der Waals surface area contributed by atoms with E-state index < -0.39 is 53.6 Å². The van der Waals surface area contributed by atoms with Gasteiger partial charge in [0, 0.05) is 27.7 Å². The molecule has 1 amide bonds. The Labute approximate surface area is 160 Å². The Morgan fingerprint density at radius 2 is 1.59 bits per heavy atom. The van der Waals surface area contributed by atoms with E-state index in [4.69, 9.17) is 30.1 Å². The van der Waals surface area contributed by atoms with Crippen molar-refractivity contribution in [3.05, 3.63) is 0 Å². The number of amidine groups is 1. The van der Waals surface area contributed by atoms with Crippen LogP contribution in [0.1, 0.15) is 27.7 Å². The van der Waals surface area contributed by atoms with E-state index in [-0.39, 0.29) is 11.8 Å². The fourth-order valence-electron chi connectivity index (χ4n) is 2.52. The summed E-state index contributed by atoms with van der Waals surface area (Å²) in [7, 11) is 0. The van der Waals surface area contributed by atoms with Crippen LogP contribution in [0.4, 0.5) is 0 Å². The Hall–Kier alpha value is -2.34. The average molecular weight is 405 g/mol. The second kappa shape index (κ2) is 10.1. The van der Waals surface area contributed by atoms with Gasteiger partial charge in [-0.25, -0.2) is 0 Å². The van der Waals surface area contributed by atoms with E-state index in [1.807, 2.05) is 0 Å². The summed E-state index contributed by atoms with van der Waals surface area (Å²) in [6.07, 6.45) is -3.32. The highest BCUT2D eigenvalue weighted by Gasteiger charge is 2.51. The normalized spacial score (nSPS) is 27.2. The topological polar surface area (TPSA) is 167 Å². The highest BCUT2D eigenvalue weighted by atomic mass is 32.2. The number of rotatable bonds is 6. The zero-order valence-corrected chi connectivity index (χ0v) is 16.2. The zero-order chi connectivity index (χ0) is 20.7. The Morgan fingerprint density at radius 1 is 1.04 bits per heavy atom. The summed E-state index contributed by atoms with van der Waals surface area (Å²) < 4.78 is 21.2. The largest absolute Gasteiger partial charge is 0.463 e. The molecule has 0 aromatic carbocycles. The third-order valence-electron chi connectivity index (χ3n) is 3.31. The summed E-state index contributed by atoms with van der Waals surface area (Å²) in [5.74, 6) is -2.43. The van der Waals surface area contributed by atoms with Crippen LogP contribution in [0.3, 0.4) is 0 Å². The standard InChI is InChI=1S/C15H23N3O8S/c1-6(19)18-11-13(25-9(4)22)12(24-8(3)21)10(5-23-7(2)20)26-14(11)27-15(16)17/h10-14H,5H2,1-4H3,(H3,16,17)(H,18,19).